The molecule has 0 bridgehead atoms. The molecule has 1 fully saturated rings. The number of piperazine rings is 1. The first kappa shape index (κ1) is 21.3. The van der Waals surface area contributed by atoms with Crippen molar-refractivity contribution in [1.82, 2.24) is 15.1 Å². The highest BCUT2D eigenvalue weighted by Gasteiger charge is 2.33. The van der Waals surface area contributed by atoms with Crippen molar-refractivity contribution in [3.05, 3.63) is 60.4 Å². The van der Waals surface area contributed by atoms with Crippen LogP contribution >= 0.6 is 0 Å². The number of amides is 2. The summed E-state index contributed by atoms with van der Waals surface area (Å²) in [5.41, 5.74) is 0.810. The van der Waals surface area contributed by atoms with Gasteiger partial charge in [-0.2, -0.15) is 0 Å². The smallest absolute Gasteiger partial charge is 0.267 e. The van der Waals surface area contributed by atoms with E-state index in [1.807, 2.05) is 55.5 Å². The summed E-state index contributed by atoms with van der Waals surface area (Å²) in [6.07, 6.45) is -0.639. The molecule has 2 amide bonds. The first-order chi connectivity index (χ1) is 16.1. The molecule has 3 heterocycles. The molecule has 0 unspecified atom stereocenters. The third-order valence-electron chi connectivity index (χ3n) is 6.08. The molecule has 33 heavy (non-hydrogen) atoms. The van der Waals surface area contributed by atoms with Crippen LogP contribution in [-0.2, 0) is 9.59 Å². The number of nitrogens with one attached hydrogen (secondary N) is 1. The van der Waals surface area contributed by atoms with Crippen molar-refractivity contribution in [2.45, 2.75) is 19.1 Å². The van der Waals surface area contributed by atoms with Gasteiger partial charge in [0.2, 0.25) is 12.0 Å². The quantitative estimate of drug-likeness (QED) is 0.645. The van der Waals surface area contributed by atoms with E-state index in [1.54, 1.807) is 11.0 Å². The number of fused-ring (bicyclic) bond motifs is 2. The minimum atomic E-state index is -0.639. The fraction of sp³-hybridized carbons (Fsp3) is 0.360. The zero-order valence-corrected chi connectivity index (χ0v) is 18.5. The molecule has 1 aromatic heterocycles. The van der Waals surface area contributed by atoms with Crippen molar-refractivity contribution in [2.24, 2.45) is 0 Å². The van der Waals surface area contributed by atoms with Crippen LogP contribution in [0.1, 0.15) is 18.7 Å². The fourth-order valence-electron chi connectivity index (χ4n) is 4.25. The third kappa shape index (κ3) is 4.66. The van der Waals surface area contributed by atoms with Crippen LogP contribution in [0.5, 0.6) is 11.5 Å². The SMILES string of the molecule is C[C@@H](NC(=O)CN1CCN(C(=O)[C@H]2COc3ccccc3O2)CC1)c1cc2ccccc2o1. The lowest BCUT2D eigenvalue weighted by molar-refractivity contribution is -0.143. The Morgan fingerprint density at radius 2 is 1.76 bits per heavy atom. The lowest BCUT2D eigenvalue weighted by Gasteiger charge is -2.37. The molecular formula is C25H27N3O5. The van der Waals surface area contributed by atoms with E-state index < -0.39 is 6.10 Å². The molecule has 0 radical (unpaired) electrons. The van der Waals surface area contributed by atoms with Gasteiger partial charge in [-0.1, -0.05) is 30.3 Å². The predicted molar refractivity (Wildman–Crippen MR) is 122 cm³/mol. The van der Waals surface area contributed by atoms with E-state index in [9.17, 15) is 9.59 Å². The number of rotatable bonds is 5. The van der Waals surface area contributed by atoms with Crippen LogP contribution in [0.4, 0.5) is 0 Å². The van der Waals surface area contributed by atoms with Crippen LogP contribution in [0.3, 0.4) is 0 Å². The number of para-hydroxylation sites is 3. The van der Waals surface area contributed by atoms with Gasteiger partial charge in [0.1, 0.15) is 18.0 Å². The topological polar surface area (TPSA) is 84.3 Å². The molecule has 2 atom stereocenters. The lowest BCUT2D eigenvalue weighted by Crippen LogP contribution is -2.55. The molecule has 5 rings (SSSR count). The van der Waals surface area contributed by atoms with Crippen LogP contribution in [0.15, 0.2) is 59.0 Å². The number of furan rings is 1. The average Bonchev–Trinajstić information content (AvgIpc) is 3.28. The van der Waals surface area contributed by atoms with E-state index in [4.69, 9.17) is 13.9 Å². The summed E-state index contributed by atoms with van der Waals surface area (Å²) < 4.78 is 17.4. The molecular weight excluding hydrogens is 422 g/mol. The standard InChI is InChI=1S/C25H27N3O5/c1-17(22-14-18-6-2-3-7-19(18)32-22)26-24(29)15-27-10-12-28(13-11-27)25(30)23-16-31-20-8-4-5-9-21(20)33-23/h2-9,14,17,23H,10-13,15-16H2,1H3,(H,26,29)/t17-,23-/m1/s1. The van der Waals surface area contributed by atoms with Gasteiger partial charge in [0, 0.05) is 31.6 Å². The maximum absolute atomic E-state index is 12.9. The molecule has 3 aromatic rings. The molecule has 0 aliphatic carbocycles. The maximum atomic E-state index is 12.9. The molecule has 8 heteroatoms. The van der Waals surface area contributed by atoms with E-state index in [2.05, 4.69) is 10.2 Å². The number of benzene rings is 2. The van der Waals surface area contributed by atoms with Crippen LogP contribution in [0.25, 0.3) is 11.0 Å². The van der Waals surface area contributed by atoms with E-state index in [0.29, 0.717) is 37.7 Å². The first-order valence-corrected chi connectivity index (χ1v) is 11.2. The van der Waals surface area contributed by atoms with Gasteiger partial charge in [0.05, 0.1) is 12.6 Å². The molecule has 1 saturated heterocycles. The van der Waals surface area contributed by atoms with Gasteiger partial charge in [-0.25, -0.2) is 0 Å². The van der Waals surface area contributed by atoms with Crippen molar-refractivity contribution >= 4 is 22.8 Å². The minimum absolute atomic E-state index is 0.0663. The second-order valence-electron chi connectivity index (χ2n) is 8.44. The van der Waals surface area contributed by atoms with Crippen LogP contribution in [0.2, 0.25) is 0 Å². The van der Waals surface area contributed by atoms with Crippen LogP contribution < -0.4 is 14.8 Å². The molecule has 8 nitrogen and oxygen atoms in total. The van der Waals surface area contributed by atoms with Crippen molar-refractivity contribution < 1.29 is 23.5 Å². The Labute approximate surface area is 192 Å². The van der Waals surface area contributed by atoms with Crippen LogP contribution in [0, 0.1) is 0 Å². The summed E-state index contributed by atoms with van der Waals surface area (Å²) >= 11 is 0. The average molecular weight is 450 g/mol. The Bertz CT molecular complexity index is 1120. The molecule has 2 aromatic carbocycles. The molecule has 0 saturated carbocycles. The summed E-state index contributed by atoms with van der Waals surface area (Å²) in [5.74, 6) is 1.84. The van der Waals surface area contributed by atoms with E-state index in [-0.39, 0.29) is 31.0 Å². The summed E-state index contributed by atoms with van der Waals surface area (Å²) in [4.78, 5) is 29.3. The van der Waals surface area contributed by atoms with Gasteiger partial charge in [-0.3, -0.25) is 14.5 Å². The Morgan fingerprint density at radius 3 is 2.55 bits per heavy atom. The number of carbonyl (C=O) groups excluding carboxylic acids is 2. The van der Waals surface area contributed by atoms with Crippen molar-refractivity contribution in [1.29, 1.82) is 0 Å². The van der Waals surface area contributed by atoms with Gasteiger partial charge >= 0.3 is 0 Å². The van der Waals surface area contributed by atoms with E-state index >= 15 is 0 Å². The Morgan fingerprint density at radius 1 is 1.03 bits per heavy atom. The Balaban J connectivity index is 1.09. The first-order valence-electron chi connectivity index (χ1n) is 11.2. The maximum Gasteiger partial charge on any atom is 0.267 e. The summed E-state index contributed by atoms with van der Waals surface area (Å²) in [5, 5.41) is 4.03. The van der Waals surface area contributed by atoms with Gasteiger partial charge in [-0.05, 0) is 31.2 Å². The number of hydrogen-bond donors (Lipinski definition) is 1. The summed E-state index contributed by atoms with van der Waals surface area (Å²) in [6, 6.07) is 16.9. The molecule has 0 spiro atoms. The van der Waals surface area contributed by atoms with E-state index in [1.165, 1.54) is 0 Å². The van der Waals surface area contributed by atoms with Gasteiger partial charge in [-0.15, -0.1) is 0 Å². The summed E-state index contributed by atoms with van der Waals surface area (Å²) in [7, 11) is 0. The molecule has 2 aliphatic heterocycles. The number of hydrogen-bond acceptors (Lipinski definition) is 6. The van der Waals surface area contributed by atoms with E-state index in [0.717, 1.165) is 16.7 Å². The van der Waals surface area contributed by atoms with Crippen LogP contribution in [-0.4, -0.2) is 67.0 Å². The van der Waals surface area contributed by atoms with Gasteiger partial charge in [0.25, 0.3) is 5.91 Å². The monoisotopic (exact) mass is 449 g/mol. The zero-order valence-electron chi connectivity index (χ0n) is 18.5. The summed E-state index contributed by atoms with van der Waals surface area (Å²) in [6.45, 7) is 4.75. The largest absolute Gasteiger partial charge is 0.485 e. The molecule has 1 N–H and O–H groups in total. The highest BCUT2D eigenvalue weighted by atomic mass is 16.6. The van der Waals surface area contributed by atoms with Gasteiger partial charge in [0.15, 0.2) is 11.5 Å². The number of nitrogens with zero attached hydrogens (tertiary/aromatic N) is 2. The Hall–Kier alpha value is -3.52. The molecule has 2 aliphatic rings. The highest BCUT2D eigenvalue weighted by Crippen LogP contribution is 2.31. The highest BCUT2D eigenvalue weighted by molar-refractivity contribution is 5.82. The normalized spacial score (nSPS) is 19.3. The van der Waals surface area contributed by atoms with Crippen molar-refractivity contribution in [2.75, 3.05) is 39.3 Å². The lowest BCUT2D eigenvalue weighted by atomic mass is 10.2. The second kappa shape index (κ2) is 9.15. The number of carbonyl (C=O) groups is 2. The van der Waals surface area contributed by atoms with Crippen molar-refractivity contribution in [3.8, 4) is 11.5 Å². The zero-order chi connectivity index (χ0) is 22.8. The van der Waals surface area contributed by atoms with Gasteiger partial charge < -0.3 is 24.1 Å². The van der Waals surface area contributed by atoms with Crippen molar-refractivity contribution in [3.63, 3.8) is 0 Å². The second-order valence-corrected chi connectivity index (χ2v) is 8.44. The molecule has 172 valence electrons. The Kier molecular flexibility index (Phi) is 5.92. The number of ether oxygens (including phenoxy) is 2. The predicted octanol–water partition coefficient (Wildman–Crippen LogP) is 2.59. The minimum Gasteiger partial charge on any atom is -0.485 e. The third-order valence-corrected chi connectivity index (χ3v) is 6.08. The fourth-order valence-corrected chi connectivity index (χ4v) is 4.25.